The number of benzene rings is 2. The van der Waals surface area contributed by atoms with Gasteiger partial charge in [0.05, 0.1) is 11.1 Å². The maximum Gasteiger partial charge on any atom is 0.335 e. The summed E-state index contributed by atoms with van der Waals surface area (Å²) in [5.41, 5.74) is 4.84. The summed E-state index contributed by atoms with van der Waals surface area (Å²) in [5, 5.41) is 10.2. The van der Waals surface area contributed by atoms with E-state index in [1.54, 1.807) is 12.1 Å². The van der Waals surface area contributed by atoms with Crippen LogP contribution in [0.25, 0.3) is 10.9 Å². The van der Waals surface area contributed by atoms with Crippen molar-refractivity contribution in [2.45, 2.75) is 32.6 Å². The highest BCUT2D eigenvalue weighted by Gasteiger charge is 2.08. The van der Waals surface area contributed by atoms with Crippen molar-refractivity contribution in [3.8, 4) is 0 Å². The van der Waals surface area contributed by atoms with E-state index in [9.17, 15) is 4.79 Å². The Morgan fingerprint density at radius 1 is 1.08 bits per heavy atom. The number of aromatic carboxylic acids is 1. The molecule has 122 valence electrons. The second-order valence-corrected chi connectivity index (χ2v) is 6.07. The summed E-state index contributed by atoms with van der Waals surface area (Å²) in [4.78, 5) is 15.8. The summed E-state index contributed by atoms with van der Waals surface area (Å²) in [6.07, 6.45) is 4.06. The van der Waals surface area contributed by atoms with Crippen LogP contribution in [0.4, 0.5) is 0 Å². The molecule has 0 saturated carbocycles. The van der Waals surface area contributed by atoms with Gasteiger partial charge >= 0.3 is 5.97 Å². The number of hydrogen-bond donors (Lipinski definition) is 1. The molecule has 0 aliphatic rings. The van der Waals surface area contributed by atoms with Gasteiger partial charge in [0.2, 0.25) is 0 Å². The van der Waals surface area contributed by atoms with Gasteiger partial charge in [0.15, 0.2) is 0 Å². The van der Waals surface area contributed by atoms with Crippen LogP contribution in [0.5, 0.6) is 0 Å². The fourth-order valence-electron chi connectivity index (χ4n) is 2.93. The first kappa shape index (κ1) is 16.2. The normalized spacial score (nSPS) is 10.9. The topological polar surface area (TPSA) is 50.2 Å². The van der Waals surface area contributed by atoms with Crippen molar-refractivity contribution >= 4 is 16.9 Å². The molecule has 0 fully saturated rings. The lowest BCUT2D eigenvalue weighted by atomic mass is 9.98. The van der Waals surface area contributed by atoms with Crippen molar-refractivity contribution < 1.29 is 9.90 Å². The van der Waals surface area contributed by atoms with Gasteiger partial charge in [-0.25, -0.2) is 4.79 Å². The maximum atomic E-state index is 11.0. The standard InChI is InChI=1S/C21H21NO2/c1-2-3-6-18-14-17(19-7-4-5-8-20(19)22-18)13-15-9-11-16(12-10-15)21(23)24/h4-5,7-12,14H,2-3,6,13H2,1H3,(H,23,24). The Labute approximate surface area is 142 Å². The molecule has 1 aromatic heterocycles. The minimum atomic E-state index is -0.891. The molecule has 3 heteroatoms. The van der Waals surface area contributed by atoms with Crippen molar-refractivity contribution in [2.24, 2.45) is 0 Å². The third kappa shape index (κ3) is 3.62. The number of rotatable bonds is 6. The number of hydrogen-bond acceptors (Lipinski definition) is 2. The Balaban J connectivity index is 1.96. The lowest BCUT2D eigenvalue weighted by Crippen LogP contribution is -1.99. The Bertz CT molecular complexity index is 853. The molecule has 0 amide bonds. The third-order valence-electron chi connectivity index (χ3n) is 4.24. The van der Waals surface area contributed by atoms with E-state index >= 15 is 0 Å². The number of pyridine rings is 1. The molecule has 0 aliphatic carbocycles. The fourth-order valence-corrected chi connectivity index (χ4v) is 2.93. The molecule has 0 atom stereocenters. The first-order chi connectivity index (χ1) is 11.7. The summed E-state index contributed by atoms with van der Waals surface area (Å²) < 4.78 is 0. The van der Waals surface area contributed by atoms with Crippen LogP contribution in [0.1, 0.15) is 46.9 Å². The number of carbonyl (C=O) groups is 1. The molecule has 2 aromatic carbocycles. The van der Waals surface area contributed by atoms with Crippen LogP contribution >= 0.6 is 0 Å². The SMILES string of the molecule is CCCCc1cc(Cc2ccc(C(=O)O)cc2)c2ccccc2n1. The average molecular weight is 319 g/mol. The lowest BCUT2D eigenvalue weighted by Gasteiger charge is -2.10. The zero-order chi connectivity index (χ0) is 16.9. The molecule has 1 heterocycles. The van der Waals surface area contributed by atoms with Gasteiger partial charge in [-0.15, -0.1) is 0 Å². The van der Waals surface area contributed by atoms with Crippen LogP contribution in [0.2, 0.25) is 0 Å². The van der Waals surface area contributed by atoms with Gasteiger partial charge in [0, 0.05) is 11.1 Å². The number of aryl methyl sites for hydroxylation is 1. The van der Waals surface area contributed by atoms with E-state index in [-0.39, 0.29) is 0 Å². The molecule has 0 spiro atoms. The van der Waals surface area contributed by atoms with E-state index in [0.717, 1.165) is 42.5 Å². The smallest absolute Gasteiger partial charge is 0.335 e. The van der Waals surface area contributed by atoms with Gasteiger partial charge < -0.3 is 5.11 Å². The highest BCUT2D eigenvalue weighted by Crippen LogP contribution is 2.22. The van der Waals surface area contributed by atoms with Gasteiger partial charge in [0.1, 0.15) is 0 Å². The summed E-state index contributed by atoms with van der Waals surface area (Å²) in [6.45, 7) is 2.19. The predicted octanol–water partition coefficient (Wildman–Crippen LogP) is 4.87. The molecule has 0 aliphatic heterocycles. The molecule has 1 N–H and O–H groups in total. The predicted molar refractivity (Wildman–Crippen MR) is 96.6 cm³/mol. The van der Waals surface area contributed by atoms with Gasteiger partial charge in [-0.3, -0.25) is 4.98 Å². The second-order valence-electron chi connectivity index (χ2n) is 6.07. The van der Waals surface area contributed by atoms with Crippen LogP contribution < -0.4 is 0 Å². The fraction of sp³-hybridized carbons (Fsp3) is 0.238. The van der Waals surface area contributed by atoms with E-state index in [0.29, 0.717) is 5.56 Å². The molecular formula is C21H21NO2. The monoisotopic (exact) mass is 319 g/mol. The average Bonchev–Trinajstić information content (AvgIpc) is 2.60. The molecular weight excluding hydrogens is 298 g/mol. The van der Waals surface area contributed by atoms with E-state index in [1.165, 1.54) is 10.9 Å². The summed E-state index contributed by atoms with van der Waals surface area (Å²) in [6, 6.07) is 17.5. The van der Waals surface area contributed by atoms with Gasteiger partial charge in [-0.05, 0) is 54.7 Å². The molecule has 0 bridgehead atoms. The van der Waals surface area contributed by atoms with Gasteiger partial charge in [-0.2, -0.15) is 0 Å². The van der Waals surface area contributed by atoms with Crippen LogP contribution in [-0.4, -0.2) is 16.1 Å². The lowest BCUT2D eigenvalue weighted by molar-refractivity contribution is 0.0697. The van der Waals surface area contributed by atoms with Crippen molar-refractivity contribution in [3.63, 3.8) is 0 Å². The Morgan fingerprint density at radius 3 is 2.54 bits per heavy atom. The maximum absolute atomic E-state index is 11.0. The second kappa shape index (κ2) is 7.26. The number of carboxylic acids is 1. The highest BCUT2D eigenvalue weighted by atomic mass is 16.4. The molecule has 3 aromatic rings. The van der Waals surface area contributed by atoms with Crippen LogP contribution in [0.15, 0.2) is 54.6 Å². The number of aromatic nitrogens is 1. The quantitative estimate of drug-likeness (QED) is 0.705. The molecule has 0 radical (unpaired) electrons. The van der Waals surface area contributed by atoms with E-state index in [1.807, 2.05) is 24.3 Å². The first-order valence-electron chi connectivity index (χ1n) is 8.37. The van der Waals surface area contributed by atoms with Crippen molar-refractivity contribution in [3.05, 3.63) is 77.0 Å². The number of para-hydroxylation sites is 1. The van der Waals surface area contributed by atoms with Crippen molar-refractivity contribution in [2.75, 3.05) is 0 Å². The minimum absolute atomic E-state index is 0.321. The number of fused-ring (bicyclic) bond motifs is 1. The Hall–Kier alpha value is -2.68. The van der Waals surface area contributed by atoms with Gasteiger partial charge in [0.25, 0.3) is 0 Å². The third-order valence-corrected chi connectivity index (χ3v) is 4.24. The number of carboxylic acid groups (broad SMARTS) is 1. The molecule has 0 unspecified atom stereocenters. The van der Waals surface area contributed by atoms with E-state index < -0.39 is 5.97 Å². The minimum Gasteiger partial charge on any atom is -0.478 e. The van der Waals surface area contributed by atoms with Crippen LogP contribution in [0, 0.1) is 0 Å². The summed E-state index contributed by atoms with van der Waals surface area (Å²) in [7, 11) is 0. The molecule has 0 saturated heterocycles. The molecule has 24 heavy (non-hydrogen) atoms. The number of nitrogens with zero attached hydrogens (tertiary/aromatic N) is 1. The zero-order valence-corrected chi connectivity index (χ0v) is 13.8. The van der Waals surface area contributed by atoms with Gasteiger partial charge in [-0.1, -0.05) is 43.7 Å². The van der Waals surface area contributed by atoms with E-state index in [2.05, 4.69) is 25.1 Å². The zero-order valence-electron chi connectivity index (χ0n) is 13.8. The highest BCUT2D eigenvalue weighted by molar-refractivity contribution is 5.87. The molecule has 3 nitrogen and oxygen atoms in total. The largest absolute Gasteiger partial charge is 0.478 e. The Kier molecular flexibility index (Phi) is 4.90. The Morgan fingerprint density at radius 2 is 1.83 bits per heavy atom. The summed E-state index contributed by atoms with van der Waals surface area (Å²) in [5.74, 6) is -0.891. The first-order valence-corrected chi connectivity index (χ1v) is 8.37. The van der Waals surface area contributed by atoms with Crippen LogP contribution in [-0.2, 0) is 12.8 Å². The van der Waals surface area contributed by atoms with Crippen molar-refractivity contribution in [1.82, 2.24) is 4.98 Å². The van der Waals surface area contributed by atoms with E-state index in [4.69, 9.17) is 10.1 Å². The van der Waals surface area contributed by atoms with Crippen molar-refractivity contribution in [1.29, 1.82) is 0 Å². The molecule has 3 rings (SSSR count). The summed E-state index contributed by atoms with van der Waals surface area (Å²) >= 11 is 0. The van der Waals surface area contributed by atoms with Crippen LogP contribution in [0.3, 0.4) is 0 Å². The number of unbranched alkanes of at least 4 members (excludes halogenated alkanes) is 1.